The van der Waals surface area contributed by atoms with Gasteiger partial charge in [0.05, 0.1) is 16.7 Å². The molecule has 11 aromatic rings. The number of hydrogen-bond donors (Lipinski definition) is 0. The molecule has 0 N–H and O–H groups in total. The Kier molecular flexibility index (Phi) is 6.79. The van der Waals surface area contributed by atoms with Gasteiger partial charge in [0.25, 0.3) is 0 Å². The summed E-state index contributed by atoms with van der Waals surface area (Å²) in [4.78, 5) is 15.3. The SMILES string of the molecule is c1ccc(-c2nc(-c3ccccc3)nc(-c3cc(-n4c5ccccc5c5cc(-c6ccc7ccccc7c6)ccc54)cc4oc5ccccc5c34)n2)cc1. The van der Waals surface area contributed by atoms with Gasteiger partial charge in [-0.3, -0.25) is 0 Å². The molecule has 0 aliphatic carbocycles. The summed E-state index contributed by atoms with van der Waals surface area (Å²) in [5, 5.41) is 6.81. The van der Waals surface area contributed by atoms with E-state index in [2.05, 4.69) is 108 Å². The van der Waals surface area contributed by atoms with Crippen molar-refractivity contribution in [2.45, 2.75) is 0 Å². The standard InChI is InChI=1S/C49H30N4O/c1-3-14-32(15-4-1)47-50-48(33-16-5-2-6-17-33)52-49(51-47)41-29-37(30-45-46(41)39-20-10-12-22-44(39)54-45)53-42-21-11-9-19-38(42)40-28-36(25-26-43(40)53)35-24-23-31-13-7-8-18-34(31)27-35/h1-30H. The molecule has 0 aliphatic heterocycles. The van der Waals surface area contributed by atoms with Crippen LogP contribution < -0.4 is 0 Å². The minimum Gasteiger partial charge on any atom is -0.456 e. The van der Waals surface area contributed by atoms with Gasteiger partial charge in [-0.15, -0.1) is 0 Å². The van der Waals surface area contributed by atoms with E-state index in [9.17, 15) is 0 Å². The molecule has 0 fully saturated rings. The molecule has 0 spiro atoms. The quantitative estimate of drug-likeness (QED) is 0.180. The van der Waals surface area contributed by atoms with Gasteiger partial charge >= 0.3 is 0 Å². The van der Waals surface area contributed by atoms with Gasteiger partial charge in [0.2, 0.25) is 0 Å². The molecule has 54 heavy (non-hydrogen) atoms. The van der Waals surface area contributed by atoms with E-state index >= 15 is 0 Å². The molecule has 5 heteroatoms. The van der Waals surface area contributed by atoms with E-state index in [1.54, 1.807) is 0 Å². The number of benzene rings is 8. The van der Waals surface area contributed by atoms with E-state index < -0.39 is 0 Å². The number of para-hydroxylation sites is 2. The Morgan fingerprint density at radius 2 is 0.963 bits per heavy atom. The van der Waals surface area contributed by atoms with Gasteiger partial charge in [-0.1, -0.05) is 140 Å². The molecule has 0 radical (unpaired) electrons. The zero-order valence-electron chi connectivity index (χ0n) is 29.0. The van der Waals surface area contributed by atoms with Crippen LogP contribution in [0.3, 0.4) is 0 Å². The topological polar surface area (TPSA) is 56.7 Å². The Hall–Kier alpha value is -7.37. The van der Waals surface area contributed by atoms with Gasteiger partial charge in [0, 0.05) is 44.3 Å². The van der Waals surface area contributed by atoms with Crippen molar-refractivity contribution >= 4 is 54.5 Å². The number of hydrogen-bond acceptors (Lipinski definition) is 4. The lowest BCUT2D eigenvalue weighted by Crippen LogP contribution is -2.01. The van der Waals surface area contributed by atoms with Crippen molar-refractivity contribution in [3.8, 4) is 51.0 Å². The van der Waals surface area contributed by atoms with Crippen molar-refractivity contribution < 1.29 is 4.42 Å². The van der Waals surface area contributed by atoms with Gasteiger partial charge in [-0.25, -0.2) is 15.0 Å². The first-order valence-corrected chi connectivity index (χ1v) is 18.1. The molecule has 0 bridgehead atoms. The monoisotopic (exact) mass is 690 g/mol. The number of nitrogens with zero attached hydrogens (tertiary/aromatic N) is 4. The summed E-state index contributed by atoms with van der Waals surface area (Å²) in [6.07, 6.45) is 0. The molecule has 0 saturated heterocycles. The molecule has 252 valence electrons. The molecule has 3 heterocycles. The number of aromatic nitrogens is 4. The van der Waals surface area contributed by atoms with Crippen molar-refractivity contribution in [3.63, 3.8) is 0 Å². The maximum atomic E-state index is 6.63. The van der Waals surface area contributed by atoms with Crippen LogP contribution in [0.5, 0.6) is 0 Å². The fraction of sp³-hybridized carbons (Fsp3) is 0. The molecule has 8 aromatic carbocycles. The second kappa shape index (κ2) is 12.1. The van der Waals surface area contributed by atoms with Crippen LogP contribution in [0.15, 0.2) is 186 Å². The van der Waals surface area contributed by atoms with Crippen LogP contribution in [0.1, 0.15) is 0 Å². The number of fused-ring (bicyclic) bond motifs is 7. The summed E-state index contributed by atoms with van der Waals surface area (Å²) < 4.78 is 8.97. The lowest BCUT2D eigenvalue weighted by molar-refractivity contribution is 0.668. The minimum absolute atomic E-state index is 0.584. The third kappa shape index (κ3) is 4.90. The average Bonchev–Trinajstić information content (AvgIpc) is 3.79. The highest BCUT2D eigenvalue weighted by Gasteiger charge is 2.21. The lowest BCUT2D eigenvalue weighted by atomic mass is 9.99. The second-order valence-corrected chi connectivity index (χ2v) is 13.6. The Morgan fingerprint density at radius 1 is 0.370 bits per heavy atom. The Morgan fingerprint density at radius 3 is 1.74 bits per heavy atom. The molecule has 5 nitrogen and oxygen atoms in total. The van der Waals surface area contributed by atoms with E-state index in [0.717, 1.165) is 55.3 Å². The third-order valence-corrected chi connectivity index (χ3v) is 10.4. The van der Waals surface area contributed by atoms with Crippen LogP contribution in [0.2, 0.25) is 0 Å². The lowest BCUT2D eigenvalue weighted by Gasteiger charge is -2.13. The maximum Gasteiger partial charge on any atom is 0.164 e. The zero-order valence-corrected chi connectivity index (χ0v) is 29.0. The van der Waals surface area contributed by atoms with Gasteiger partial charge in [-0.05, 0) is 58.3 Å². The first kappa shape index (κ1) is 30.3. The van der Waals surface area contributed by atoms with Crippen molar-refractivity contribution in [1.29, 1.82) is 0 Å². The fourth-order valence-electron chi connectivity index (χ4n) is 7.87. The molecule has 0 atom stereocenters. The van der Waals surface area contributed by atoms with Gasteiger partial charge in [0.1, 0.15) is 11.2 Å². The average molecular weight is 691 g/mol. The van der Waals surface area contributed by atoms with Crippen LogP contribution in [-0.4, -0.2) is 19.5 Å². The minimum atomic E-state index is 0.584. The molecule has 0 amide bonds. The van der Waals surface area contributed by atoms with Gasteiger partial charge in [0.15, 0.2) is 17.5 Å². The highest BCUT2D eigenvalue weighted by Crippen LogP contribution is 2.41. The van der Waals surface area contributed by atoms with Crippen molar-refractivity contribution in [1.82, 2.24) is 19.5 Å². The van der Waals surface area contributed by atoms with Crippen LogP contribution in [0.25, 0.3) is 105 Å². The Bertz CT molecular complexity index is 3160. The summed E-state index contributed by atoms with van der Waals surface area (Å²) in [6, 6.07) is 63.4. The zero-order chi connectivity index (χ0) is 35.6. The Labute approximate surface area is 310 Å². The summed E-state index contributed by atoms with van der Waals surface area (Å²) in [7, 11) is 0. The van der Waals surface area contributed by atoms with Crippen molar-refractivity contribution in [2.24, 2.45) is 0 Å². The van der Waals surface area contributed by atoms with E-state index in [4.69, 9.17) is 19.4 Å². The van der Waals surface area contributed by atoms with Crippen LogP contribution >= 0.6 is 0 Å². The normalized spacial score (nSPS) is 11.7. The maximum absolute atomic E-state index is 6.63. The molecule has 0 unspecified atom stereocenters. The second-order valence-electron chi connectivity index (χ2n) is 13.6. The predicted octanol–water partition coefficient (Wildman–Crippen LogP) is 12.7. The van der Waals surface area contributed by atoms with Crippen molar-refractivity contribution in [2.75, 3.05) is 0 Å². The van der Waals surface area contributed by atoms with Gasteiger partial charge in [-0.2, -0.15) is 0 Å². The molecular weight excluding hydrogens is 661 g/mol. The smallest absolute Gasteiger partial charge is 0.164 e. The molecule has 0 aliphatic rings. The summed E-state index contributed by atoms with van der Waals surface area (Å²) in [5.74, 6) is 1.81. The fourth-order valence-corrected chi connectivity index (χ4v) is 7.87. The number of rotatable bonds is 5. The van der Waals surface area contributed by atoms with Crippen LogP contribution in [-0.2, 0) is 0 Å². The highest BCUT2D eigenvalue weighted by atomic mass is 16.3. The van der Waals surface area contributed by atoms with Crippen LogP contribution in [0.4, 0.5) is 0 Å². The summed E-state index contributed by atoms with van der Waals surface area (Å²) >= 11 is 0. The Balaban J connectivity index is 1.18. The molecule has 3 aromatic heterocycles. The molecular formula is C49H30N4O. The number of furan rings is 1. The van der Waals surface area contributed by atoms with Crippen molar-refractivity contribution in [3.05, 3.63) is 182 Å². The first-order chi connectivity index (χ1) is 26.7. The first-order valence-electron chi connectivity index (χ1n) is 18.1. The van der Waals surface area contributed by atoms with Gasteiger partial charge < -0.3 is 8.98 Å². The third-order valence-electron chi connectivity index (χ3n) is 10.4. The van der Waals surface area contributed by atoms with Crippen LogP contribution in [0, 0.1) is 0 Å². The largest absolute Gasteiger partial charge is 0.456 e. The summed E-state index contributed by atoms with van der Waals surface area (Å²) in [6.45, 7) is 0. The van der Waals surface area contributed by atoms with E-state index in [1.807, 2.05) is 78.9 Å². The summed E-state index contributed by atoms with van der Waals surface area (Å²) in [5.41, 5.74) is 9.85. The molecule has 0 saturated carbocycles. The highest BCUT2D eigenvalue weighted by molar-refractivity contribution is 6.14. The van der Waals surface area contributed by atoms with E-state index in [-0.39, 0.29) is 0 Å². The van der Waals surface area contributed by atoms with E-state index in [1.165, 1.54) is 32.7 Å². The van der Waals surface area contributed by atoms with E-state index in [0.29, 0.717) is 17.5 Å². The molecule has 11 rings (SSSR count). The predicted molar refractivity (Wildman–Crippen MR) is 221 cm³/mol.